The number of nitrogens with one attached hydrogen (secondary N) is 1. The molecular formula is C25H23Cl3NO2P. The highest BCUT2D eigenvalue weighted by Crippen LogP contribution is 2.41. The summed E-state index contributed by atoms with van der Waals surface area (Å²) in [7, 11) is -3.33. The average molecular weight is 507 g/mol. The van der Waals surface area contributed by atoms with E-state index in [9.17, 15) is 9.36 Å². The van der Waals surface area contributed by atoms with Crippen LogP contribution in [-0.2, 0) is 9.36 Å². The first-order valence-electron chi connectivity index (χ1n) is 10.0. The summed E-state index contributed by atoms with van der Waals surface area (Å²) in [5.41, 5.74) is 0.932. The van der Waals surface area contributed by atoms with E-state index in [-0.39, 0.29) is 0 Å². The zero-order valence-corrected chi connectivity index (χ0v) is 20.5. The van der Waals surface area contributed by atoms with Gasteiger partial charge in [0.05, 0.1) is 0 Å². The Hall–Kier alpha value is -1.87. The molecule has 3 rings (SSSR count). The van der Waals surface area contributed by atoms with Crippen LogP contribution >= 0.6 is 42.1 Å². The van der Waals surface area contributed by atoms with Crippen molar-refractivity contribution in [2.24, 2.45) is 5.92 Å². The quantitative estimate of drug-likeness (QED) is 0.294. The van der Waals surface area contributed by atoms with Crippen LogP contribution in [0.2, 0.25) is 0 Å². The fourth-order valence-corrected chi connectivity index (χ4v) is 6.33. The third-order valence-electron chi connectivity index (χ3n) is 5.10. The molecule has 2 atom stereocenters. The Morgan fingerprint density at radius 1 is 0.844 bits per heavy atom. The first-order chi connectivity index (χ1) is 15.2. The SMILES string of the molecule is C[C@H](C(=O)C(Cl)(Cl)Cl)[C@@H](/C=C/c1ccccc1)NP(=O)(c1ccccc1)c1ccccc1. The summed E-state index contributed by atoms with van der Waals surface area (Å²) in [4.78, 5) is 12.8. The number of carbonyl (C=O) groups is 1. The van der Waals surface area contributed by atoms with Gasteiger partial charge in [0.1, 0.15) is 0 Å². The molecule has 0 aromatic heterocycles. The molecule has 0 fully saturated rings. The van der Waals surface area contributed by atoms with Gasteiger partial charge in [-0.2, -0.15) is 0 Å². The van der Waals surface area contributed by atoms with Crippen molar-refractivity contribution in [1.29, 1.82) is 0 Å². The van der Waals surface area contributed by atoms with E-state index in [0.717, 1.165) is 5.56 Å². The standard InChI is InChI=1S/C25H23Cl3NO2P/c1-19(24(30)25(26,27)28)23(18-17-20-11-5-2-6-12-20)29-32(31,21-13-7-3-8-14-21)22-15-9-4-10-16-22/h2-19,23H,1H3,(H,29,31)/b18-17+/t19-,23+/m0/s1. The third-order valence-corrected chi connectivity index (χ3v) is 8.37. The highest BCUT2D eigenvalue weighted by Gasteiger charge is 2.40. The number of rotatable bonds is 8. The predicted molar refractivity (Wildman–Crippen MR) is 137 cm³/mol. The molecule has 0 saturated carbocycles. The summed E-state index contributed by atoms with van der Waals surface area (Å²) < 4.78 is 12.4. The molecule has 0 unspecified atom stereocenters. The molecule has 0 heterocycles. The number of halogens is 3. The molecule has 0 radical (unpaired) electrons. The van der Waals surface area contributed by atoms with Gasteiger partial charge < -0.3 is 0 Å². The molecule has 7 heteroatoms. The molecule has 3 aromatic carbocycles. The minimum Gasteiger partial charge on any atom is -0.297 e. The molecule has 3 aromatic rings. The van der Waals surface area contributed by atoms with Gasteiger partial charge in [-0.05, 0) is 29.8 Å². The minimum absolute atomic E-state index is 0.578. The average Bonchev–Trinajstić information content (AvgIpc) is 2.82. The first kappa shape index (κ1) is 24.8. The van der Waals surface area contributed by atoms with Crippen LogP contribution in [0.1, 0.15) is 12.5 Å². The van der Waals surface area contributed by atoms with Crippen LogP contribution in [0.5, 0.6) is 0 Å². The van der Waals surface area contributed by atoms with E-state index in [1.807, 2.05) is 72.8 Å². The molecule has 0 spiro atoms. The molecule has 0 saturated heterocycles. The van der Waals surface area contributed by atoms with E-state index in [1.54, 1.807) is 37.3 Å². The van der Waals surface area contributed by atoms with Gasteiger partial charge in [0.2, 0.25) is 11.1 Å². The Kier molecular flexibility index (Phi) is 8.38. The predicted octanol–water partition coefficient (Wildman–Crippen LogP) is 6.16. The second kappa shape index (κ2) is 10.8. The maximum absolute atomic E-state index is 14.5. The van der Waals surface area contributed by atoms with Crippen LogP contribution in [0, 0.1) is 5.92 Å². The number of ketones is 1. The molecule has 166 valence electrons. The molecule has 0 aliphatic rings. The Labute approximate surface area is 203 Å². The summed E-state index contributed by atoms with van der Waals surface area (Å²) in [6, 6.07) is 27.2. The van der Waals surface area contributed by atoms with Gasteiger partial charge in [-0.3, -0.25) is 14.4 Å². The lowest BCUT2D eigenvalue weighted by Crippen LogP contribution is -2.43. The zero-order valence-electron chi connectivity index (χ0n) is 17.4. The van der Waals surface area contributed by atoms with Gasteiger partial charge >= 0.3 is 0 Å². The summed E-state index contributed by atoms with van der Waals surface area (Å²) >= 11 is 17.7. The summed E-state index contributed by atoms with van der Waals surface area (Å²) in [6.45, 7) is 1.66. The van der Waals surface area contributed by atoms with E-state index in [0.29, 0.717) is 10.6 Å². The Balaban J connectivity index is 2.06. The Morgan fingerprint density at radius 2 is 1.28 bits per heavy atom. The van der Waals surface area contributed by atoms with E-state index in [2.05, 4.69) is 5.09 Å². The van der Waals surface area contributed by atoms with Crippen molar-refractivity contribution in [2.75, 3.05) is 0 Å². The van der Waals surface area contributed by atoms with Gasteiger partial charge in [0.25, 0.3) is 0 Å². The van der Waals surface area contributed by atoms with Crippen LogP contribution < -0.4 is 15.7 Å². The number of hydrogen-bond acceptors (Lipinski definition) is 2. The Bertz CT molecular complexity index is 1060. The number of Topliss-reactive ketones (excluding diaryl/α,β-unsaturated/α-hetero) is 1. The van der Waals surface area contributed by atoms with Crippen LogP contribution in [-0.4, -0.2) is 15.6 Å². The van der Waals surface area contributed by atoms with Crippen molar-refractivity contribution in [3.63, 3.8) is 0 Å². The molecule has 0 aliphatic heterocycles. The molecular weight excluding hydrogens is 484 g/mol. The van der Waals surface area contributed by atoms with Crippen molar-refractivity contribution >= 4 is 64.6 Å². The van der Waals surface area contributed by atoms with Crippen molar-refractivity contribution in [3.05, 3.63) is 103 Å². The summed E-state index contributed by atoms with van der Waals surface area (Å²) in [5, 5.41) is 4.50. The van der Waals surface area contributed by atoms with Crippen LogP contribution in [0.3, 0.4) is 0 Å². The highest BCUT2D eigenvalue weighted by molar-refractivity contribution is 7.77. The lowest BCUT2D eigenvalue weighted by atomic mass is 9.97. The monoisotopic (exact) mass is 505 g/mol. The maximum Gasteiger partial charge on any atom is 0.249 e. The third kappa shape index (κ3) is 6.13. The first-order valence-corrected chi connectivity index (χ1v) is 12.9. The minimum atomic E-state index is -3.33. The van der Waals surface area contributed by atoms with Crippen molar-refractivity contribution in [2.45, 2.75) is 16.8 Å². The fourth-order valence-electron chi connectivity index (χ4n) is 3.31. The zero-order chi connectivity index (χ0) is 23.2. The van der Waals surface area contributed by atoms with Crippen LogP contribution in [0.4, 0.5) is 0 Å². The molecule has 0 bridgehead atoms. The summed E-state index contributed by atoms with van der Waals surface area (Å²) in [6.07, 6.45) is 3.66. The topological polar surface area (TPSA) is 46.2 Å². The molecule has 0 aliphatic carbocycles. The van der Waals surface area contributed by atoms with Crippen LogP contribution in [0.15, 0.2) is 97.1 Å². The number of hydrogen-bond donors (Lipinski definition) is 1. The molecule has 32 heavy (non-hydrogen) atoms. The smallest absolute Gasteiger partial charge is 0.249 e. The van der Waals surface area contributed by atoms with Gasteiger partial charge in [0, 0.05) is 22.6 Å². The van der Waals surface area contributed by atoms with E-state index < -0.39 is 28.8 Å². The van der Waals surface area contributed by atoms with Gasteiger partial charge in [-0.25, -0.2) is 0 Å². The highest BCUT2D eigenvalue weighted by atomic mass is 35.6. The molecule has 0 amide bonds. The van der Waals surface area contributed by atoms with Crippen molar-refractivity contribution < 1.29 is 9.36 Å². The fraction of sp³-hybridized carbons (Fsp3) is 0.160. The van der Waals surface area contributed by atoms with Crippen molar-refractivity contribution in [1.82, 2.24) is 5.09 Å². The lowest BCUT2D eigenvalue weighted by Gasteiger charge is -2.29. The normalized spacial score (nSPS) is 14.2. The van der Waals surface area contributed by atoms with Gasteiger partial charge in [-0.15, -0.1) is 0 Å². The lowest BCUT2D eigenvalue weighted by molar-refractivity contribution is -0.121. The molecule has 1 N–H and O–H groups in total. The second-order valence-corrected chi connectivity index (χ2v) is 12.1. The number of carbonyl (C=O) groups excluding carboxylic acids is 1. The summed E-state index contributed by atoms with van der Waals surface area (Å²) in [5.74, 6) is -1.34. The van der Waals surface area contributed by atoms with E-state index in [1.165, 1.54) is 0 Å². The van der Waals surface area contributed by atoms with E-state index in [4.69, 9.17) is 34.8 Å². The van der Waals surface area contributed by atoms with Gasteiger partial charge in [-0.1, -0.05) is 121 Å². The van der Waals surface area contributed by atoms with Gasteiger partial charge in [0.15, 0.2) is 5.78 Å². The van der Waals surface area contributed by atoms with E-state index >= 15 is 0 Å². The van der Waals surface area contributed by atoms with Crippen LogP contribution in [0.25, 0.3) is 6.08 Å². The van der Waals surface area contributed by atoms with Crippen molar-refractivity contribution in [3.8, 4) is 0 Å². The largest absolute Gasteiger partial charge is 0.297 e. The number of benzene rings is 3. The molecule has 3 nitrogen and oxygen atoms in total. The maximum atomic E-state index is 14.5. The second-order valence-electron chi connectivity index (χ2n) is 7.36. The Morgan fingerprint density at radius 3 is 1.72 bits per heavy atom. The number of alkyl halides is 3.